The summed E-state index contributed by atoms with van der Waals surface area (Å²) in [6, 6.07) is 9.92. The highest BCUT2D eigenvalue weighted by Gasteiger charge is 2.55. The average molecular weight is 339 g/mol. The summed E-state index contributed by atoms with van der Waals surface area (Å²) in [6.07, 6.45) is 9.40. The van der Waals surface area contributed by atoms with Crippen molar-refractivity contribution in [3.63, 3.8) is 0 Å². The maximum atomic E-state index is 13.2. The molecule has 6 rings (SSSR count). The SMILES string of the molecule is O=C(NCC(O)(c1ccccc1)C1CC1)C12CC3CC(CC(C3)C1)C2. The fourth-order valence-corrected chi connectivity index (χ4v) is 6.56. The molecule has 1 atom stereocenters. The number of hydrogen-bond acceptors (Lipinski definition) is 2. The summed E-state index contributed by atoms with van der Waals surface area (Å²) in [5.41, 5.74) is -0.0851. The van der Waals surface area contributed by atoms with E-state index in [0.29, 0.717) is 6.54 Å². The van der Waals surface area contributed by atoms with E-state index in [-0.39, 0.29) is 17.2 Å². The second-order valence-electron chi connectivity index (χ2n) is 9.45. The Balaban J connectivity index is 1.33. The Labute approximate surface area is 150 Å². The van der Waals surface area contributed by atoms with Gasteiger partial charge in [0.25, 0.3) is 0 Å². The van der Waals surface area contributed by atoms with Crippen molar-refractivity contribution in [2.45, 2.75) is 57.0 Å². The first-order chi connectivity index (χ1) is 12.1. The maximum absolute atomic E-state index is 13.2. The molecule has 5 aliphatic rings. The van der Waals surface area contributed by atoms with Crippen LogP contribution in [0.25, 0.3) is 0 Å². The van der Waals surface area contributed by atoms with Crippen molar-refractivity contribution >= 4 is 5.91 Å². The number of aliphatic hydroxyl groups is 1. The summed E-state index contributed by atoms with van der Waals surface area (Å²) in [5, 5.41) is 14.5. The molecule has 134 valence electrons. The molecule has 0 aliphatic heterocycles. The van der Waals surface area contributed by atoms with Gasteiger partial charge in [-0.05, 0) is 80.6 Å². The molecule has 0 heterocycles. The Morgan fingerprint density at radius 2 is 1.60 bits per heavy atom. The first-order valence-electron chi connectivity index (χ1n) is 10.1. The van der Waals surface area contributed by atoms with E-state index < -0.39 is 5.60 Å². The van der Waals surface area contributed by atoms with Gasteiger partial charge in [-0.1, -0.05) is 30.3 Å². The summed E-state index contributed by atoms with van der Waals surface area (Å²) < 4.78 is 0. The fourth-order valence-electron chi connectivity index (χ4n) is 6.56. The molecule has 1 aromatic rings. The predicted octanol–water partition coefficient (Wildman–Crippen LogP) is 3.62. The molecule has 5 aliphatic carbocycles. The van der Waals surface area contributed by atoms with Gasteiger partial charge in [-0.2, -0.15) is 0 Å². The number of carbonyl (C=O) groups excluding carboxylic acids is 1. The monoisotopic (exact) mass is 339 g/mol. The van der Waals surface area contributed by atoms with E-state index in [1.807, 2.05) is 30.3 Å². The Morgan fingerprint density at radius 3 is 2.12 bits per heavy atom. The fraction of sp³-hybridized carbons (Fsp3) is 0.682. The molecule has 2 N–H and O–H groups in total. The third-order valence-corrected chi connectivity index (χ3v) is 7.56. The number of carbonyl (C=O) groups is 1. The van der Waals surface area contributed by atoms with Gasteiger partial charge >= 0.3 is 0 Å². The van der Waals surface area contributed by atoms with Crippen LogP contribution < -0.4 is 5.32 Å². The largest absolute Gasteiger partial charge is 0.383 e. The summed E-state index contributed by atoms with van der Waals surface area (Å²) in [7, 11) is 0. The zero-order valence-electron chi connectivity index (χ0n) is 14.9. The van der Waals surface area contributed by atoms with E-state index in [2.05, 4.69) is 5.32 Å². The minimum Gasteiger partial charge on any atom is -0.383 e. The maximum Gasteiger partial charge on any atom is 0.226 e. The molecular weight excluding hydrogens is 310 g/mol. The number of nitrogens with one attached hydrogen (secondary N) is 1. The zero-order chi connectivity index (χ0) is 17.1. The van der Waals surface area contributed by atoms with Crippen LogP contribution in [-0.4, -0.2) is 17.6 Å². The molecule has 0 saturated heterocycles. The predicted molar refractivity (Wildman–Crippen MR) is 96.7 cm³/mol. The van der Waals surface area contributed by atoms with Crippen LogP contribution in [0.4, 0.5) is 0 Å². The third-order valence-electron chi connectivity index (χ3n) is 7.56. The van der Waals surface area contributed by atoms with Crippen LogP contribution in [0.3, 0.4) is 0 Å². The van der Waals surface area contributed by atoms with Gasteiger partial charge in [-0.3, -0.25) is 4.79 Å². The Bertz CT molecular complexity index is 631. The summed E-state index contributed by atoms with van der Waals surface area (Å²) in [5.74, 6) is 2.82. The standard InChI is InChI=1S/C22H29NO2/c24-20(21-11-15-8-16(12-21)10-17(9-15)13-21)23-14-22(25,19-6-7-19)18-4-2-1-3-5-18/h1-5,15-17,19,25H,6-14H2,(H,23,24). The molecule has 1 aromatic carbocycles. The second kappa shape index (κ2) is 5.57. The van der Waals surface area contributed by atoms with Gasteiger partial charge < -0.3 is 10.4 Å². The topological polar surface area (TPSA) is 49.3 Å². The van der Waals surface area contributed by atoms with Gasteiger partial charge in [0.1, 0.15) is 5.60 Å². The first-order valence-corrected chi connectivity index (χ1v) is 10.1. The van der Waals surface area contributed by atoms with Crippen molar-refractivity contribution < 1.29 is 9.90 Å². The minimum atomic E-state index is -0.904. The molecule has 4 bridgehead atoms. The normalized spacial score (nSPS) is 38.4. The Hall–Kier alpha value is -1.35. The van der Waals surface area contributed by atoms with Crippen LogP contribution in [0.2, 0.25) is 0 Å². The molecule has 0 radical (unpaired) electrons. The minimum absolute atomic E-state index is 0.129. The molecule has 5 fully saturated rings. The van der Waals surface area contributed by atoms with E-state index in [1.165, 1.54) is 19.3 Å². The van der Waals surface area contributed by atoms with Gasteiger partial charge in [0.15, 0.2) is 0 Å². The lowest BCUT2D eigenvalue weighted by molar-refractivity contribution is -0.147. The summed E-state index contributed by atoms with van der Waals surface area (Å²) in [4.78, 5) is 13.2. The van der Waals surface area contributed by atoms with Crippen LogP contribution in [0.1, 0.15) is 56.9 Å². The van der Waals surface area contributed by atoms with Gasteiger partial charge in [-0.25, -0.2) is 0 Å². The quantitative estimate of drug-likeness (QED) is 0.861. The van der Waals surface area contributed by atoms with E-state index in [1.54, 1.807) is 0 Å². The molecule has 1 unspecified atom stereocenters. The van der Waals surface area contributed by atoms with Crippen molar-refractivity contribution in [3.8, 4) is 0 Å². The molecular formula is C22H29NO2. The van der Waals surface area contributed by atoms with Gasteiger partial charge in [0.05, 0.1) is 6.54 Å². The van der Waals surface area contributed by atoms with Crippen LogP contribution in [-0.2, 0) is 10.4 Å². The molecule has 3 nitrogen and oxygen atoms in total. The molecule has 1 amide bonds. The average Bonchev–Trinajstić information content (AvgIpc) is 3.44. The van der Waals surface area contributed by atoms with Crippen LogP contribution >= 0.6 is 0 Å². The molecule has 0 spiro atoms. The number of rotatable bonds is 5. The Morgan fingerprint density at radius 1 is 1.04 bits per heavy atom. The van der Waals surface area contributed by atoms with E-state index in [4.69, 9.17) is 0 Å². The summed E-state index contributed by atoms with van der Waals surface area (Å²) >= 11 is 0. The van der Waals surface area contributed by atoms with Crippen LogP contribution in [0, 0.1) is 29.1 Å². The van der Waals surface area contributed by atoms with E-state index in [0.717, 1.165) is 55.4 Å². The highest BCUT2D eigenvalue weighted by molar-refractivity contribution is 5.83. The lowest BCUT2D eigenvalue weighted by Gasteiger charge is -2.55. The van der Waals surface area contributed by atoms with E-state index in [9.17, 15) is 9.90 Å². The number of amides is 1. The van der Waals surface area contributed by atoms with Crippen molar-refractivity contribution in [3.05, 3.63) is 35.9 Å². The molecule has 0 aromatic heterocycles. The zero-order valence-corrected chi connectivity index (χ0v) is 14.9. The van der Waals surface area contributed by atoms with Crippen LogP contribution in [0.5, 0.6) is 0 Å². The van der Waals surface area contributed by atoms with Crippen LogP contribution in [0.15, 0.2) is 30.3 Å². The molecule has 3 heteroatoms. The first kappa shape index (κ1) is 15.9. The van der Waals surface area contributed by atoms with Gasteiger partial charge in [0, 0.05) is 5.41 Å². The van der Waals surface area contributed by atoms with Crippen molar-refractivity contribution in [1.82, 2.24) is 5.32 Å². The number of hydrogen-bond donors (Lipinski definition) is 2. The Kier molecular flexibility index (Phi) is 3.54. The highest BCUT2D eigenvalue weighted by atomic mass is 16.3. The third kappa shape index (κ3) is 2.63. The van der Waals surface area contributed by atoms with E-state index >= 15 is 0 Å². The number of benzene rings is 1. The van der Waals surface area contributed by atoms with Crippen molar-refractivity contribution in [2.24, 2.45) is 29.1 Å². The molecule has 5 saturated carbocycles. The highest BCUT2D eigenvalue weighted by Crippen LogP contribution is 2.60. The van der Waals surface area contributed by atoms with Gasteiger partial charge in [-0.15, -0.1) is 0 Å². The lowest BCUT2D eigenvalue weighted by Crippen LogP contribution is -2.55. The second-order valence-corrected chi connectivity index (χ2v) is 9.45. The smallest absolute Gasteiger partial charge is 0.226 e. The van der Waals surface area contributed by atoms with Crippen molar-refractivity contribution in [2.75, 3.05) is 6.54 Å². The molecule has 25 heavy (non-hydrogen) atoms. The van der Waals surface area contributed by atoms with Gasteiger partial charge in [0.2, 0.25) is 5.91 Å². The summed E-state index contributed by atoms with van der Waals surface area (Å²) in [6.45, 7) is 0.363. The van der Waals surface area contributed by atoms with Crippen molar-refractivity contribution in [1.29, 1.82) is 0 Å². The lowest BCUT2D eigenvalue weighted by atomic mass is 9.49.